The molecule has 21 heavy (non-hydrogen) atoms. The van der Waals surface area contributed by atoms with Crippen molar-refractivity contribution in [2.45, 2.75) is 10.6 Å². The van der Waals surface area contributed by atoms with Crippen molar-refractivity contribution in [1.29, 1.82) is 0 Å². The van der Waals surface area contributed by atoms with Crippen LogP contribution < -0.4 is 4.74 Å². The lowest BCUT2D eigenvalue weighted by atomic mass is 10.2. The van der Waals surface area contributed by atoms with Crippen LogP contribution in [0.25, 0.3) is 0 Å². The topological polar surface area (TPSA) is 93.6 Å². The van der Waals surface area contributed by atoms with Crippen LogP contribution in [0.2, 0.25) is 0 Å². The molecule has 0 spiro atoms. The van der Waals surface area contributed by atoms with E-state index < -0.39 is 15.8 Å². The van der Waals surface area contributed by atoms with E-state index in [0.29, 0.717) is 5.69 Å². The normalized spacial score (nSPS) is 11.1. The fourth-order valence-corrected chi connectivity index (χ4v) is 3.11. The zero-order chi connectivity index (χ0) is 15.5. The number of rotatable bonds is 5. The molecule has 0 aliphatic heterocycles. The molecule has 0 radical (unpaired) electrons. The Hall–Kier alpha value is -2.41. The highest BCUT2D eigenvalue weighted by atomic mass is 32.2. The molecule has 7 heteroatoms. The van der Waals surface area contributed by atoms with Gasteiger partial charge in [0, 0.05) is 6.20 Å². The monoisotopic (exact) mass is 307 g/mol. The Morgan fingerprint density at radius 1 is 1.29 bits per heavy atom. The van der Waals surface area contributed by atoms with Crippen molar-refractivity contribution in [3.8, 4) is 5.75 Å². The third-order valence-corrected chi connectivity index (χ3v) is 4.47. The molecule has 1 N–H and O–H groups in total. The Balaban J connectivity index is 2.41. The number of carboxylic acids is 1. The van der Waals surface area contributed by atoms with Gasteiger partial charge in [0.25, 0.3) is 0 Å². The zero-order valence-corrected chi connectivity index (χ0v) is 12.0. The fraction of sp³-hybridized carbons (Fsp3) is 0.143. The van der Waals surface area contributed by atoms with Crippen LogP contribution in [0, 0.1) is 0 Å². The fourth-order valence-electron chi connectivity index (χ4n) is 1.81. The second-order valence-electron chi connectivity index (χ2n) is 4.25. The Bertz CT molecular complexity index is 756. The molecule has 0 aliphatic carbocycles. The lowest BCUT2D eigenvalue weighted by molar-refractivity contribution is 0.0693. The van der Waals surface area contributed by atoms with E-state index in [1.54, 1.807) is 18.2 Å². The van der Waals surface area contributed by atoms with Crippen molar-refractivity contribution in [3.05, 3.63) is 53.9 Å². The third-order valence-electron chi connectivity index (χ3n) is 2.82. The van der Waals surface area contributed by atoms with E-state index in [1.807, 2.05) is 0 Å². The van der Waals surface area contributed by atoms with Crippen molar-refractivity contribution in [1.82, 2.24) is 4.98 Å². The summed E-state index contributed by atoms with van der Waals surface area (Å²) in [6.45, 7) is 0. The number of benzene rings is 1. The molecule has 2 aromatic rings. The molecule has 6 nitrogen and oxygen atoms in total. The summed E-state index contributed by atoms with van der Waals surface area (Å²) in [6, 6.07) is 8.72. The van der Waals surface area contributed by atoms with E-state index in [0.717, 1.165) is 6.07 Å². The summed E-state index contributed by atoms with van der Waals surface area (Å²) in [4.78, 5) is 15.0. The first-order chi connectivity index (χ1) is 9.94. The molecule has 0 atom stereocenters. The number of carboxylic acid groups (broad SMARTS) is 1. The highest BCUT2D eigenvalue weighted by Crippen LogP contribution is 2.24. The van der Waals surface area contributed by atoms with Gasteiger partial charge in [0.1, 0.15) is 11.3 Å². The maximum atomic E-state index is 12.3. The van der Waals surface area contributed by atoms with Gasteiger partial charge in [-0.25, -0.2) is 13.2 Å². The van der Waals surface area contributed by atoms with Crippen molar-refractivity contribution >= 4 is 15.8 Å². The molecule has 1 heterocycles. The maximum absolute atomic E-state index is 12.3. The van der Waals surface area contributed by atoms with E-state index in [1.165, 1.54) is 25.4 Å². The summed E-state index contributed by atoms with van der Waals surface area (Å²) in [5.41, 5.74) is 0.199. The first-order valence-electron chi connectivity index (χ1n) is 5.98. The van der Waals surface area contributed by atoms with E-state index in [2.05, 4.69) is 4.98 Å². The summed E-state index contributed by atoms with van der Waals surface area (Å²) in [6.07, 6.45) is 1.50. The van der Waals surface area contributed by atoms with Gasteiger partial charge in [0.15, 0.2) is 9.84 Å². The third kappa shape index (κ3) is 3.38. The Morgan fingerprint density at radius 3 is 2.62 bits per heavy atom. The molecule has 1 aromatic heterocycles. The summed E-state index contributed by atoms with van der Waals surface area (Å²) in [5.74, 6) is -1.43. The molecular weight excluding hydrogens is 294 g/mol. The van der Waals surface area contributed by atoms with Crippen LogP contribution >= 0.6 is 0 Å². The predicted octanol–water partition coefficient (Wildman–Crippen LogP) is 1.76. The summed E-state index contributed by atoms with van der Waals surface area (Å²) in [7, 11) is -2.35. The number of hydrogen-bond donors (Lipinski definition) is 1. The quantitative estimate of drug-likeness (QED) is 0.904. The van der Waals surface area contributed by atoms with E-state index in [-0.39, 0.29) is 22.0 Å². The number of methoxy groups -OCH3 is 1. The lowest BCUT2D eigenvalue weighted by Crippen LogP contribution is -2.08. The molecule has 0 bridgehead atoms. The number of hydrogen-bond acceptors (Lipinski definition) is 5. The summed E-state index contributed by atoms with van der Waals surface area (Å²) >= 11 is 0. The second-order valence-corrected chi connectivity index (χ2v) is 6.24. The Labute approximate surface area is 121 Å². The van der Waals surface area contributed by atoms with Gasteiger partial charge in [-0.15, -0.1) is 0 Å². The summed E-state index contributed by atoms with van der Waals surface area (Å²) < 4.78 is 29.5. The van der Waals surface area contributed by atoms with E-state index >= 15 is 0 Å². The molecule has 0 amide bonds. The van der Waals surface area contributed by atoms with E-state index in [4.69, 9.17) is 9.84 Å². The van der Waals surface area contributed by atoms with Crippen LogP contribution in [0.15, 0.2) is 47.5 Å². The van der Waals surface area contributed by atoms with Crippen LogP contribution in [-0.4, -0.2) is 31.6 Å². The van der Waals surface area contributed by atoms with Gasteiger partial charge in [-0.2, -0.15) is 0 Å². The standard InChI is InChI=1S/C14H13NO5S/c1-20-13-6-5-11(8-12(13)14(16)17)21(18,19)9-10-4-2-3-7-15-10/h2-8H,9H2,1H3,(H,16,17). The molecule has 0 saturated carbocycles. The van der Waals surface area contributed by atoms with Gasteiger partial charge in [0.05, 0.1) is 23.5 Å². The Kier molecular flexibility index (Phi) is 4.23. The maximum Gasteiger partial charge on any atom is 0.339 e. The number of aromatic nitrogens is 1. The molecule has 0 fully saturated rings. The van der Waals surface area contributed by atoms with Crippen LogP contribution in [0.3, 0.4) is 0 Å². The first-order valence-corrected chi connectivity index (χ1v) is 7.63. The highest BCUT2D eigenvalue weighted by molar-refractivity contribution is 7.90. The van der Waals surface area contributed by atoms with Crippen molar-refractivity contribution in [3.63, 3.8) is 0 Å². The van der Waals surface area contributed by atoms with Gasteiger partial charge >= 0.3 is 5.97 Å². The molecule has 1 aromatic carbocycles. The number of nitrogens with zero attached hydrogens (tertiary/aromatic N) is 1. The molecule has 0 saturated heterocycles. The number of sulfone groups is 1. The largest absolute Gasteiger partial charge is 0.496 e. The van der Waals surface area contributed by atoms with Crippen LogP contribution in [0.5, 0.6) is 5.75 Å². The van der Waals surface area contributed by atoms with Gasteiger partial charge in [-0.05, 0) is 30.3 Å². The first kappa shape index (κ1) is 15.0. The minimum absolute atomic E-state index is 0.0775. The van der Waals surface area contributed by atoms with Crippen molar-refractivity contribution < 1.29 is 23.1 Å². The zero-order valence-electron chi connectivity index (χ0n) is 11.2. The Morgan fingerprint density at radius 2 is 2.05 bits per heavy atom. The predicted molar refractivity (Wildman–Crippen MR) is 75.1 cm³/mol. The molecule has 0 unspecified atom stereocenters. The summed E-state index contributed by atoms with van der Waals surface area (Å²) in [5, 5.41) is 9.09. The van der Waals surface area contributed by atoms with E-state index in [9.17, 15) is 13.2 Å². The SMILES string of the molecule is COc1ccc(S(=O)(=O)Cc2ccccn2)cc1C(=O)O. The number of aromatic carboxylic acids is 1. The average molecular weight is 307 g/mol. The van der Waals surface area contributed by atoms with Crippen molar-refractivity contribution in [2.75, 3.05) is 7.11 Å². The van der Waals surface area contributed by atoms with Gasteiger partial charge in [-0.1, -0.05) is 6.07 Å². The average Bonchev–Trinajstić information content (AvgIpc) is 2.47. The van der Waals surface area contributed by atoms with Crippen LogP contribution in [0.4, 0.5) is 0 Å². The number of pyridine rings is 1. The number of carbonyl (C=O) groups is 1. The smallest absolute Gasteiger partial charge is 0.339 e. The highest BCUT2D eigenvalue weighted by Gasteiger charge is 2.20. The van der Waals surface area contributed by atoms with Gasteiger partial charge < -0.3 is 9.84 Å². The lowest BCUT2D eigenvalue weighted by Gasteiger charge is -2.08. The van der Waals surface area contributed by atoms with Crippen LogP contribution in [0.1, 0.15) is 16.1 Å². The van der Waals surface area contributed by atoms with Gasteiger partial charge in [0.2, 0.25) is 0 Å². The minimum Gasteiger partial charge on any atom is -0.496 e. The molecule has 110 valence electrons. The molecule has 0 aliphatic rings. The number of ether oxygens (including phenoxy) is 1. The molecular formula is C14H13NO5S. The van der Waals surface area contributed by atoms with Crippen LogP contribution in [-0.2, 0) is 15.6 Å². The van der Waals surface area contributed by atoms with Crippen molar-refractivity contribution in [2.24, 2.45) is 0 Å². The molecule has 2 rings (SSSR count). The minimum atomic E-state index is -3.68. The van der Waals surface area contributed by atoms with Gasteiger partial charge in [-0.3, -0.25) is 4.98 Å². The second kappa shape index (κ2) is 5.92.